The van der Waals surface area contributed by atoms with Crippen molar-refractivity contribution in [2.24, 2.45) is 40.9 Å². The molecule has 1 saturated heterocycles. The summed E-state index contributed by atoms with van der Waals surface area (Å²) in [5.74, 6) is -2.80. The number of cyclic esters (lactones) is 1. The van der Waals surface area contributed by atoms with Crippen molar-refractivity contribution in [1.82, 2.24) is 0 Å². The van der Waals surface area contributed by atoms with Crippen LogP contribution in [0.15, 0.2) is 0 Å². The van der Waals surface area contributed by atoms with Crippen molar-refractivity contribution in [2.45, 2.75) is 40.2 Å². The summed E-state index contributed by atoms with van der Waals surface area (Å²) in [5.41, 5.74) is -0.581. The molecule has 2 bridgehead atoms. The summed E-state index contributed by atoms with van der Waals surface area (Å²) in [7, 11) is 0. The van der Waals surface area contributed by atoms with Crippen LogP contribution in [-0.4, -0.2) is 35.7 Å². The summed E-state index contributed by atoms with van der Waals surface area (Å²) in [4.78, 5) is 36.2. The Morgan fingerprint density at radius 1 is 1.17 bits per heavy atom. The van der Waals surface area contributed by atoms with E-state index in [1.165, 1.54) is 0 Å². The Hall–Kier alpha value is -1.59. The minimum Gasteiger partial charge on any atom is -0.481 e. The van der Waals surface area contributed by atoms with Crippen molar-refractivity contribution in [3.8, 4) is 0 Å². The van der Waals surface area contributed by atoms with Gasteiger partial charge in [-0.25, -0.2) is 4.79 Å². The van der Waals surface area contributed by atoms with Crippen molar-refractivity contribution in [1.29, 1.82) is 0 Å². The molecule has 128 valence electrons. The lowest BCUT2D eigenvalue weighted by Gasteiger charge is -2.35. The van der Waals surface area contributed by atoms with Crippen LogP contribution in [0, 0.1) is 40.9 Å². The zero-order valence-corrected chi connectivity index (χ0v) is 13.9. The standard InChI is InChI=1S/C17H24O6/c1-7-8(2)10-5-9(7)11(14(18)19)12(10)15(20)23-13-16(21)22-6-17(13,3)4/h7-13H,5-6H2,1-4H3,(H,18,19). The number of ether oxygens (including phenoxy) is 2. The van der Waals surface area contributed by atoms with Gasteiger partial charge in [-0.1, -0.05) is 27.7 Å². The second-order valence-corrected chi connectivity index (χ2v) is 8.08. The van der Waals surface area contributed by atoms with E-state index in [9.17, 15) is 19.5 Å². The first-order valence-corrected chi connectivity index (χ1v) is 8.25. The molecule has 2 aliphatic carbocycles. The fraction of sp³-hybridized carbons (Fsp3) is 0.824. The lowest BCUT2D eigenvalue weighted by Crippen LogP contribution is -2.44. The van der Waals surface area contributed by atoms with Crippen LogP contribution in [0.25, 0.3) is 0 Å². The molecule has 7 unspecified atom stereocenters. The zero-order chi connectivity index (χ0) is 17.1. The Bertz CT molecular complexity index is 553. The fourth-order valence-electron chi connectivity index (χ4n) is 4.79. The van der Waals surface area contributed by atoms with E-state index in [1.54, 1.807) is 13.8 Å². The normalized spacial score (nSPS) is 44.2. The van der Waals surface area contributed by atoms with E-state index in [1.807, 2.05) is 0 Å². The van der Waals surface area contributed by atoms with E-state index in [0.29, 0.717) is 0 Å². The molecule has 1 N–H and O–H groups in total. The van der Waals surface area contributed by atoms with Gasteiger partial charge in [0.05, 0.1) is 11.8 Å². The maximum atomic E-state index is 12.7. The summed E-state index contributed by atoms with van der Waals surface area (Å²) in [5, 5.41) is 9.57. The first-order chi connectivity index (χ1) is 10.6. The molecule has 0 aromatic carbocycles. The van der Waals surface area contributed by atoms with Crippen LogP contribution in [0.4, 0.5) is 0 Å². The maximum absolute atomic E-state index is 12.7. The summed E-state index contributed by atoms with van der Waals surface area (Å²) < 4.78 is 10.4. The van der Waals surface area contributed by atoms with Gasteiger partial charge < -0.3 is 14.6 Å². The highest BCUT2D eigenvalue weighted by Crippen LogP contribution is 2.58. The van der Waals surface area contributed by atoms with E-state index in [-0.39, 0.29) is 30.3 Å². The smallest absolute Gasteiger partial charge is 0.348 e. The Balaban J connectivity index is 1.81. The molecule has 3 fully saturated rings. The van der Waals surface area contributed by atoms with Gasteiger partial charge in [0.25, 0.3) is 0 Å². The molecule has 2 saturated carbocycles. The minimum atomic E-state index is -0.948. The van der Waals surface area contributed by atoms with Crippen LogP contribution >= 0.6 is 0 Å². The summed E-state index contributed by atoms with van der Waals surface area (Å²) in [6, 6.07) is 0. The predicted molar refractivity (Wildman–Crippen MR) is 79.2 cm³/mol. The average Bonchev–Trinajstić information content (AvgIpc) is 3.07. The molecule has 3 aliphatic rings. The highest BCUT2D eigenvalue weighted by atomic mass is 16.6. The number of fused-ring (bicyclic) bond motifs is 2. The van der Waals surface area contributed by atoms with E-state index in [4.69, 9.17) is 9.47 Å². The third-order valence-electron chi connectivity index (χ3n) is 6.34. The Kier molecular flexibility index (Phi) is 3.69. The number of carbonyl (C=O) groups is 3. The van der Waals surface area contributed by atoms with Crippen molar-refractivity contribution in [3.05, 3.63) is 0 Å². The van der Waals surface area contributed by atoms with Crippen LogP contribution in [0.5, 0.6) is 0 Å². The molecule has 1 aliphatic heterocycles. The molecule has 1 heterocycles. The van der Waals surface area contributed by atoms with Crippen molar-refractivity contribution in [3.63, 3.8) is 0 Å². The number of esters is 2. The molecule has 0 aromatic rings. The molecule has 7 atom stereocenters. The summed E-state index contributed by atoms with van der Waals surface area (Å²) in [6.07, 6.45) is -0.200. The number of hydrogen-bond acceptors (Lipinski definition) is 5. The van der Waals surface area contributed by atoms with Crippen LogP contribution in [0.3, 0.4) is 0 Å². The number of rotatable bonds is 3. The average molecular weight is 324 g/mol. The Labute approximate surface area is 135 Å². The van der Waals surface area contributed by atoms with Gasteiger partial charge in [-0.3, -0.25) is 9.59 Å². The molecule has 0 aromatic heterocycles. The molecule has 3 rings (SSSR count). The van der Waals surface area contributed by atoms with Crippen molar-refractivity contribution >= 4 is 17.9 Å². The highest BCUT2D eigenvalue weighted by Gasteiger charge is 2.61. The van der Waals surface area contributed by atoms with E-state index in [0.717, 1.165) is 6.42 Å². The minimum absolute atomic E-state index is 0.00795. The summed E-state index contributed by atoms with van der Waals surface area (Å²) >= 11 is 0. The first kappa shape index (κ1) is 16.3. The number of aliphatic carboxylic acids is 1. The Morgan fingerprint density at radius 2 is 1.74 bits per heavy atom. The molecular weight excluding hydrogens is 300 g/mol. The predicted octanol–water partition coefficient (Wildman–Crippen LogP) is 1.72. The number of carboxylic acid groups (broad SMARTS) is 1. The topological polar surface area (TPSA) is 89.9 Å². The van der Waals surface area contributed by atoms with Crippen LogP contribution in [-0.2, 0) is 23.9 Å². The molecule has 0 amide bonds. The number of carbonyl (C=O) groups excluding carboxylic acids is 2. The van der Waals surface area contributed by atoms with Gasteiger partial charge in [0.15, 0.2) is 0 Å². The molecule has 6 nitrogen and oxygen atoms in total. The molecule has 6 heteroatoms. The molecule has 0 radical (unpaired) electrons. The van der Waals surface area contributed by atoms with Gasteiger partial charge in [-0.15, -0.1) is 0 Å². The lowest BCUT2D eigenvalue weighted by atomic mass is 9.69. The van der Waals surface area contributed by atoms with Crippen LogP contribution in [0.2, 0.25) is 0 Å². The largest absolute Gasteiger partial charge is 0.481 e. The van der Waals surface area contributed by atoms with E-state index in [2.05, 4.69) is 13.8 Å². The SMILES string of the molecule is CC1C(C)C2CC1C(C(=O)O)C2C(=O)OC1C(=O)OCC1(C)C. The van der Waals surface area contributed by atoms with E-state index < -0.39 is 41.3 Å². The highest BCUT2D eigenvalue weighted by molar-refractivity contribution is 5.86. The molecule has 23 heavy (non-hydrogen) atoms. The first-order valence-electron chi connectivity index (χ1n) is 8.25. The van der Waals surface area contributed by atoms with Crippen molar-refractivity contribution < 1.29 is 29.0 Å². The van der Waals surface area contributed by atoms with Gasteiger partial charge in [0, 0.05) is 5.41 Å². The Morgan fingerprint density at radius 3 is 2.22 bits per heavy atom. The quantitative estimate of drug-likeness (QED) is 0.795. The fourth-order valence-corrected chi connectivity index (χ4v) is 4.79. The van der Waals surface area contributed by atoms with Gasteiger partial charge >= 0.3 is 17.9 Å². The third-order valence-corrected chi connectivity index (χ3v) is 6.34. The van der Waals surface area contributed by atoms with Crippen LogP contribution in [0.1, 0.15) is 34.1 Å². The van der Waals surface area contributed by atoms with Gasteiger partial charge in [-0.2, -0.15) is 0 Å². The maximum Gasteiger partial charge on any atom is 0.348 e. The lowest BCUT2D eigenvalue weighted by molar-refractivity contribution is -0.173. The van der Waals surface area contributed by atoms with Gasteiger partial charge in [-0.05, 0) is 30.1 Å². The van der Waals surface area contributed by atoms with Gasteiger partial charge in [0.2, 0.25) is 6.10 Å². The molecular formula is C17H24O6. The number of carboxylic acids is 1. The second kappa shape index (κ2) is 5.21. The van der Waals surface area contributed by atoms with Gasteiger partial charge in [0.1, 0.15) is 6.61 Å². The zero-order valence-electron chi connectivity index (χ0n) is 13.9. The summed E-state index contributed by atoms with van der Waals surface area (Å²) in [6.45, 7) is 7.94. The monoisotopic (exact) mass is 324 g/mol. The third kappa shape index (κ3) is 2.34. The number of hydrogen-bond donors (Lipinski definition) is 1. The van der Waals surface area contributed by atoms with Crippen molar-refractivity contribution in [2.75, 3.05) is 6.61 Å². The van der Waals surface area contributed by atoms with E-state index >= 15 is 0 Å². The van der Waals surface area contributed by atoms with Crippen LogP contribution < -0.4 is 0 Å². The molecule has 0 spiro atoms. The second-order valence-electron chi connectivity index (χ2n) is 8.08.